The van der Waals surface area contributed by atoms with Crippen LogP contribution in [0.15, 0.2) is 15.4 Å². The first kappa shape index (κ1) is 24.5. The van der Waals surface area contributed by atoms with Crippen LogP contribution in [0.2, 0.25) is 0 Å². The minimum absolute atomic E-state index is 0.0239. The van der Waals surface area contributed by atoms with Crippen molar-refractivity contribution >= 4 is 17.9 Å². The molecule has 0 radical (unpaired) electrons. The summed E-state index contributed by atoms with van der Waals surface area (Å²) < 4.78 is 0. The zero-order valence-corrected chi connectivity index (χ0v) is 21.0. The van der Waals surface area contributed by atoms with Crippen LogP contribution in [-0.2, 0) is 4.84 Å². The molecule has 4 aliphatic carbocycles. The smallest absolute Gasteiger partial charge is 0.211 e. The van der Waals surface area contributed by atoms with Gasteiger partial charge in [0.05, 0.1) is 5.60 Å². The molecule has 0 aromatic rings. The van der Waals surface area contributed by atoms with Gasteiger partial charge in [0, 0.05) is 29.8 Å². The molecule has 0 aliphatic heterocycles. The van der Waals surface area contributed by atoms with Crippen LogP contribution < -0.4 is 11.5 Å². The van der Waals surface area contributed by atoms with Crippen molar-refractivity contribution in [2.75, 3.05) is 27.2 Å². The molecule has 0 bridgehead atoms. The van der Waals surface area contributed by atoms with Gasteiger partial charge < -0.3 is 26.3 Å². The molecule has 0 aromatic carbocycles. The largest absolute Gasteiger partial charge is 0.395 e. The Bertz CT molecular complexity index is 809. The molecule has 7 atom stereocenters. The molecule has 4 fully saturated rings. The van der Waals surface area contributed by atoms with E-state index < -0.39 is 5.60 Å². The maximum absolute atomic E-state index is 12.2. The van der Waals surface area contributed by atoms with E-state index in [2.05, 4.69) is 34.1 Å². The van der Waals surface area contributed by atoms with Gasteiger partial charge in [0.2, 0.25) is 5.96 Å². The van der Waals surface area contributed by atoms with Gasteiger partial charge in [-0.25, -0.2) is 0 Å². The lowest BCUT2D eigenvalue weighted by molar-refractivity contribution is -0.198. The number of nitrogens with two attached hydrogens (primary N) is 2. The highest BCUT2D eigenvalue weighted by atomic mass is 16.6. The second kappa shape index (κ2) is 9.17. The minimum Gasteiger partial charge on any atom is -0.395 e. The van der Waals surface area contributed by atoms with Gasteiger partial charge in [0.15, 0.2) is 0 Å². The van der Waals surface area contributed by atoms with Crippen LogP contribution in [0.4, 0.5) is 0 Å². The number of guanidine groups is 1. The molecule has 0 saturated heterocycles. The van der Waals surface area contributed by atoms with Crippen LogP contribution in [0.5, 0.6) is 0 Å². The number of rotatable bonds is 6. The van der Waals surface area contributed by atoms with Crippen LogP contribution in [0.3, 0.4) is 0 Å². The van der Waals surface area contributed by atoms with Crippen molar-refractivity contribution in [1.29, 1.82) is 0 Å². The second-order valence-electron chi connectivity index (χ2n) is 11.8. The summed E-state index contributed by atoms with van der Waals surface area (Å²) in [5, 5.41) is 24.8. The van der Waals surface area contributed by atoms with Crippen molar-refractivity contribution in [2.24, 2.45) is 61.3 Å². The van der Waals surface area contributed by atoms with Crippen LogP contribution in [-0.4, -0.2) is 60.7 Å². The Kier molecular flexibility index (Phi) is 6.80. The summed E-state index contributed by atoms with van der Waals surface area (Å²) >= 11 is 0. The van der Waals surface area contributed by atoms with E-state index in [1.807, 2.05) is 20.3 Å². The van der Waals surface area contributed by atoms with Gasteiger partial charge in [-0.1, -0.05) is 19.0 Å². The average molecular weight is 461 g/mol. The van der Waals surface area contributed by atoms with Crippen molar-refractivity contribution in [3.8, 4) is 0 Å². The third-order valence-electron chi connectivity index (χ3n) is 10.0. The predicted octanol–water partition coefficient (Wildman–Crippen LogP) is 2.95. The fourth-order valence-electron chi connectivity index (χ4n) is 7.92. The first-order valence-electron chi connectivity index (χ1n) is 12.8. The zero-order chi connectivity index (χ0) is 23.9. The standard InChI is InChI=1S/C25H44N6O2/c1-23-10-8-19(29-30-22(26)27)15-17(23)5-6-21-20(23)9-11-24(2)18(7-12-25(21,24)32)16-28-33-14-13-31(3)4/h16-18,20-21,32H,5-15H2,1-4H3,(H4,26,27,30)/t17?,18?,20-,21-,23+,24-,25-/m1/s1. The highest BCUT2D eigenvalue weighted by molar-refractivity contribution is 5.86. The fraction of sp³-hybridized carbons (Fsp3) is 0.880. The van der Waals surface area contributed by atoms with E-state index in [0.29, 0.717) is 24.4 Å². The Morgan fingerprint density at radius 3 is 2.64 bits per heavy atom. The number of likely N-dealkylation sites (N-methyl/N-ethyl adjacent to an activating group) is 1. The number of fused-ring (bicyclic) bond motifs is 5. The van der Waals surface area contributed by atoms with Crippen LogP contribution in [0.25, 0.3) is 0 Å². The molecular weight excluding hydrogens is 416 g/mol. The van der Waals surface area contributed by atoms with Crippen molar-refractivity contribution in [1.82, 2.24) is 4.90 Å². The Hall–Kier alpha value is -1.67. The molecule has 4 aliphatic rings. The summed E-state index contributed by atoms with van der Waals surface area (Å²) in [4.78, 5) is 7.60. The van der Waals surface area contributed by atoms with Crippen LogP contribution in [0.1, 0.15) is 71.6 Å². The first-order valence-corrected chi connectivity index (χ1v) is 12.8. The maximum atomic E-state index is 12.2. The van der Waals surface area contributed by atoms with E-state index in [9.17, 15) is 5.11 Å². The minimum atomic E-state index is -0.614. The molecule has 2 unspecified atom stereocenters. The quantitative estimate of drug-likeness (QED) is 0.243. The molecule has 33 heavy (non-hydrogen) atoms. The van der Waals surface area contributed by atoms with Gasteiger partial charge >= 0.3 is 0 Å². The third-order valence-corrected chi connectivity index (χ3v) is 10.0. The van der Waals surface area contributed by atoms with Gasteiger partial charge in [-0.05, 0) is 95.1 Å². The van der Waals surface area contributed by atoms with Gasteiger partial charge in [-0.2, -0.15) is 5.10 Å². The molecule has 4 rings (SSSR count). The van der Waals surface area contributed by atoms with Crippen molar-refractivity contribution in [3.63, 3.8) is 0 Å². The number of aliphatic hydroxyl groups is 1. The van der Waals surface area contributed by atoms with E-state index in [1.165, 1.54) is 6.42 Å². The Morgan fingerprint density at radius 2 is 1.91 bits per heavy atom. The topological polar surface area (TPSA) is 122 Å². The number of oxime groups is 1. The number of nitrogens with zero attached hydrogens (tertiary/aromatic N) is 4. The van der Waals surface area contributed by atoms with Gasteiger partial charge in [0.1, 0.15) is 6.61 Å². The number of hydrogen-bond donors (Lipinski definition) is 3. The highest BCUT2D eigenvalue weighted by Crippen LogP contribution is 2.68. The lowest BCUT2D eigenvalue weighted by atomic mass is 9.43. The number of hydrogen-bond acceptors (Lipinski definition) is 6. The van der Waals surface area contributed by atoms with E-state index in [-0.39, 0.29) is 22.7 Å². The summed E-state index contributed by atoms with van der Waals surface area (Å²) in [7, 11) is 4.06. The summed E-state index contributed by atoms with van der Waals surface area (Å²) in [6, 6.07) is 0. The molecule has 186 valence electrons. The van der Waals surface area contributed by atoms with Crippen LogP contribution in [0, 0.1) is 34.5 Å². The summed E-state index contributed by atoms with van der Waals surface area (Å²) in [5.74, 6) is 1.82. The van der Waals surface area contributed by atoms with E-state index in [0.717, 1.165) is 63.6 Å². The van der Waals surface area contributed by atoms with Crippen molar-refractivity contribution in [2.45, 2.75) is 77.2 Å². The molecule has 5 N–H and O–H groups in total. The summed E-state index contributed by atoms with van der Waals surface area (Å²) in [6.07, 6.45) is 11.4. The molecule has 0 aromatic heterocycles. The normalized spacial score (nSPS) is 43.9. The molecule has 8 nitrogen and oxygen atoms in total. The molecule has 4 saturated carbocycles. The lowest BCUT2D eigenvalue weighted by Gasteiger charge is -2.63. The van der Waals surface area contributed by atoms with E-state index in [1.54, 1.807) is 0 Å². The van der Waals surface area contributed by atoms with Crippen molar-refractivity contribution in [3.05, 3.63) is 0 Å². The Morgan fingerprint density at radius 1 is 1.12 bits per heavy atom. The van der Waals surface area contributed by atoms with Crippen molar-refractivity contribution < 1.29 is 9.94 Å². The van der Waals surface area contributed by atoms with E-state index >= 15 is 0 Å². The van der Waals surface area contributed by atoms with E-state index in [4.69, 9.17) is 16.3 Å². The second-order valence-corrected chi connectivity index (χ2v) is 11.8. The predicted molar refractivity (Wildman–Crippen MR) is 133 cm³/mol. The molecule has 0 amide bonds. The Balaban J connectivity index is 1.47. The average Bonchev–Trinajstić information content (AvgIpc) is 3.02. The van der Waals surface area contributed by atoms with Crippen LogP contribution >= 0.6 is 0 Å². The van der Waals surface area contributed by atoms with Gasteiger partial charge in [0.25, 0.3) is 0 Å². The Labute approximate surface area is 198 Å². The first-order chi connectivity index (χ1) is 15.6. The zero-order valence-electron chi connectivity index (χ0n) is 21.0. The summed E-state index contributed by atoms with van der Waals surface area (Å²) in [5.41, 5.74) is 11.6. The lowest BCUT2D eigenvalue weighted by Crippen LogP contribution is -2.62. The molecular formula is C25H44N6O2. The maximum Gasteiger partial charge on any atom is 0.211 e. The third kappa shape index (κ3) is 4.29. The fourth-order valence-corrected chi connectivity index (χ4v) is 7.92. The SMILES string of the molecule is CN(C)CCON=CC1CC[C@@]2(O)[C@@H]3CCC4CC(=NN=C(N)N)CC[C@]4(C)[C@@H]3CC[C@]12C. The molecule has 8 heteroatoms. The molecule has 0 spiro atoms. The highest BCUT2D eigenvalue weighted by Gasteiger charge is 2.66. The summed E-state index contributed by atoms with van der Waals surface area (Å²) in [6.45, 7) is 6.23. The van der Waals surface area contributed by atoms with Gasteiger partial charge in [-0.3, -0.25) is 0 Å². The monoisotopic (exact) mass is 460 g/mol. The van der Waals surface area contributed by atoms with Gasteiger partial charge in [-0.15, -0.1) is 5.10 Å². The molecule has 0 heterocycles.